The number of carbonyl (C=O) groups is 3. The molecule has 0 unspecified atom stereocenters. The second kappa shape index (κ2) is 6.77. The average Bonchev–Trinajstić information content (AvgIpc) is 2.76. The average molecular weight is 306 g/mol. The minimum Gasteiger partial charge on any atom is -0.463 e. The number of Topliss-reactive ketones (excluding diaryl/α,β-unsaturated/α-hetero) is 1. The van der Waals surface area contributed by atoms with Gasteiger partial charge in [-0.25, -0.2) is 0 Å². The highest BCUT2D eigenvalue weighted by molar-refractivity contribution is 6.04. The Balaban J connectivity index is 1.96. The summed E-state index contributed by atoms with van der Waals surface area (Å²) in [5, 5.41) is 2.69. The molecule has 0 aromatic carbocycles. The molecule has 6 heteroatoms. The van der Waals surface area contributed by atoms with Crippen molar-refractivity contribution in [3.8, 4) is 0 Å². The van der Waals surface area contributed by atoms with Crippen molar-refractivity contribution in [2.75, 3.05) is 6.54 Å². The van der Waals surface area contributed by atoms with E-state index in [9.17, 15) is 14.4 Å². The summed E-state index contributed by atoms with van der Waals surface area (Å²) in [4.78, 5) is 38.6. The third kappa shape index (κ3) is 3.55. The number of ketones is 1. The molecule has 1 heterocycles. The number of hydrogen-bond acceptors (Lipinski definition) is 4. The monoisotopic (exact) mass is 306 g/mol. The van der Waals surface area contributed by atoms with E-state index in [0.29, 0.717) is 23.2 Å². The molecule has 6 nitrogen and oxygen atoms in total. The standard InChI is InChI=1S/C16H22N2O4/c1-9(2)22-13(20)7-8-17-16(21)15-10(3)14-11(18-15)5-4-6-12(14)19/h9,18H,4-8H2,1-3H3,(H,17,21). The van der Waals surface area contributed by atoms with Crippen LogP contribution in [0.15, 0.2) is 0 Å². The molecule has 2 rings (SSSR count). The van der Waals surface area contributed by atoms with E-state index in [1.165, 1.54) is 0 Å². The van der Waals surface area contributed by atoms with Gasteiger partial charge in [0.05, 0.1) is 12.5 Å². The summed E-state index contributed by atoms with van der Waals surface area (Å²) in [6.45, 7) is 5.54. The zero-order valence-corrected chi connectivity index (χ0v) is 13.2. The van der Waals surface area contributed by atoms with Gasteiger partial charge in [-0.1, -0.05) is 0 Å². The van der Waals surface area contributed by atoms with Gasteiger partial charge in [-0.05, 0) is 39.2 Å². The number of aryl methyl sites for hydroxylation is 1. The van der Waals surface area contributed by atoms with Crippen LogP contribution in [0.25, 0.3) is 0 Å². The van der Waals surface area contributed by atoms with Gasteiger partial charge in [0, 0.05) is 24.2 Å². The Morgan fingerprint density at radius 3 is 2.68 bits per heavy atom. The second-order valence-electron chi connectivity index (χ2n) is 5.80. The van der Waals surface area contributed by atoms with Gasteiger partial charge in [0.2, 0.25) is 0 Å². The summed E-state index contributed by atoms with van der Waals surface area (Å²) in [7, 11) is 0. The number of aromatic amines is 1. The molecule has 0 spiro atoms. The Labute approximate surface area is 129 Å². The highest BCUT2D eigenvalue weighted by atomic mass is 16.5. The van der Waals surface area contributed by atoms with E-state index in [1.807, 2.05) is 0 Å². The van der Waals surface area contributed by atoms with Crippen molar-refractivity contribution in [3.63, 3.8) is 0 Å². The molecular weight excluding hydrogens is 284 g/mol. The first-order chi connectivity index (χ1) is 10.4. The number of carbonyl (C=O) groups excluding carboxylic acids is 3. The third-order valence-corrected chi connectivity index (χ3v) is 3.65. The van der Waals surface area contributed by atoms with E-state index >= 15 is 0 Å². The molecule has 2 N–H and O–H groups in total. The van der Waals surface area contributed by atoms with Gasteiger partial charge in [-0.15, -0.1) is 0 Å². The molecule has 1 amide bonds. The van der Waals surface area contributed by atoms with Crippen molar-refractivity contribution in [1.29, 1.82) is 0 Å². The van der Waals surface area contributed by atoms with Crippen LogP contribution < -0.4 is 5.32 Å². The predicted octanol–water partition coefficient (Wildman–Crippen LogP) is 1.91. The van der Waals surface area contributed by atoms with Crippen LogP contribution in [-0.4, -0.2) is 35.3 Å². The first-order valence-corrected chi connectivity index (χ1v) is 7.62. The molecule has 1 aliphatic rings. The summed E-state index contributed by atoms with van der Waals surface area (Å²) >= 11 is 0. The molecule has 22 heavy (non-hydrogen) atoms. The van der Waals surface area contributed by atoms with Gasteiger partial charge < -0.3 is 15.0 Å². The van der Waals surface area contributed by atoms with Gasteiger partial charge in [-0.3, -0.25) is 14.4 Å². The fourth-order valence-electron chi connectivity index (χ4n) is 2.69. The lowest BCUT2D eigenvalue weighted by molar-refractivity contribution is -0.147. The number of esters is 1. The number of fused-ring (bicyclic) bond motifs is 1. The lowest BCUT2D eigenvalue weighted by Crippen LogP contribution is -2.28. The fourth-order valence-corrected chi connectivity index (χ4v) is 2.69. The summed E-state index contributed by atoms with van der Waals surface area (Å²) in [5.74, 6) is -0.542. The Bertz CT molecular complexity index is 602. The van der Waals surface area contributed by atoms with Crippen molar-refractivity contribution in [1.82, 2.24) is 10.3 Å². The van der Waals surface area contributed by atoms with Crippen molar-refractivity contribution in [2.45, 2.75) is 52.6 Å². The molecule has 0 bridgehead atoms. The largest absolute Gasteiger partial charge is 0.463 e. The van der Waals surface area contributed by atoms with E-state index in [2.05, 4.69) is 10.3 Å². The molecule has 1 aromatic rings. The number of amides is 1. The van der Waals surface area contributed by atoms with Crippen molar-refractivity contribution < 1.29 is 19.1 Å². The van der Waals surface area contributed by atoms with Crippen LogP contribution >= 0.6 is 0 Å². The number of ether oxygens (including phenoxy) is 1. The first-order valence-electron chi connectivity index (χ1n) is 7.62. The Hall–Kier alpha value is -2.11. The smallest absolute Gasteiger partial charge is 0.307 e. The van der Waals surface area contributed by atoms with Crippen molar-refractivity contribution in [3.05, 3.63) is 22.5 Å². The molecule has 120 valence electrons. The Morgan fingerprint density at radius 2 is 2.05 bits per heavy atom. The highest BCUT2D eigenvalue weighted by Crippen LogP contribution is 2.26. The Kier molecular flexibility index (Phi) is 5.00. The maximum Gasteiger partial charge on any atom is 0.307 e. The molecule has 0 saturated carbocycles. The summed E-state index contributed by atoms with van der Waals surface area (Å²) < 4.78 is 5.00. The minimum absolute atomic E-state index is 0.0922. The number of hydrogen-bond donors (Lipinski definition) is 2. The quantitative estimate of drug-likeness (QED) is 0.813. The number of rotatable bonds is 5. The van der Waals surface area contributed by atoms with Gasteiger partial charge in [0.25, 0.3) is 5.91 Å². The van der Waals surface area contributed by atoms with Gasteiger partial charge >= 0.3 is 5.97 Å². The highest BCUT2D eigenvalue weighted by Gasteiger charge is 2.26. The normalized spacial score (nSPS) is 13.9. The van der Waals surface area contributed by atoms with Crippen LogP contribution in [0.1, 0.15) is 65.2 Å². The van der Waals surface area contributed by atoms with Crippen molar-refractivity contribution in [2.24, 2.45) is 0 Å². The molecule has 0 atom stereocenters. The number of aromatic nitrogens is 1. The topological polar surface area (TPSA) is 88.3 Å². The van der Waals surface area contributed by atoms with Gasteiger partial charge in [0.15, 0.2) is 5.78 Å². The third-order valence-electron chi connectivity index (χ3n) is 3.65. The molecule has 1 aliphatic carbocycles. The van der Waals surface area contributed by atoms with Crippen LogP contribution in [0.4, 0.5) is 0 Å². The van der Waals surface area contributed by atoms with E-state index in [-0.39, 0.29) is 36.7 Å². The molecule has 0 fully saturated rings. The molecular formula is C16H22N2O4. The lowest BCUT2D eigenvalue weighted by atomic mass is 9.94. The van der Waals surface area contributed by atoms with Crippen LogP contribution in [0.3, 0.4) is 0 Å². The van der Waals surface area contributed by atoms with Crippen LogP contribution in [-0.2, 0) is 16.0 Å². The van der Waals surface area contributed by atoms with Crippen LogP contribution in [0, 0.1) is 6.92 Å². The van der Waals surface area contributed by atoms with E-state index < -0.39 is 0 Å². The predicted molar refractivity (Wildman–Crippen MR) is 81.0 cm³/mol. The first kappa shape index (κ1) is 16.3. The summed E-state index contributed by atoms with van der Waals surface area (Å²) in [5.41, 5.74) is 2.62. The number of nitrogens with one attached hydrogen (secondary N) is 2. The summed E-state index contributed by atoms with van der Waals surface area (Å²) in [6.07, 6.45) is 2.10. The zero-order valence-electron chi connectivity index (χ0n) is 13.2. The van der Waals surface area contributed by atoms with E-state index in [4.69, 9.17) is 4.74 Å². The van der Waals surface area contributed by atoms with Crippen LogP contribution in [0.2, 0.25) is 0 Å². The number of H-pyrrole nitrogens is 1. The maximum absolute atomic E-state index is 12.2. The SMILES string of the molecule is Cc1c(C(=O)NCCC(=O)OC(C)C)[nH]c2c1C(=O)CCC2. The molecule has 0 aliphatic heterocycles. The van der Waals surface area contributed by atoms with Gasteiger partial charge in [0.1, 0.15) is 5.69 Å². The fraction of sp³-hybridized carbons (Fsp3) is 0.562. The minimum atomic E-state index is -0.340. The van der Waals surface area contributed by atoms with E-state index in [0.717, 1.165) is 18.5 Å². The maximum atomic E-state index is 12.2. The second-order valence-corrected chi connectivity index (χ2v) is 5.80. The Morgan fingerprint density at radius 1 is 1.32 bits per heavy atom. The van der Waals surface area contributed by atoms with Gasteiger partial charge in [-0.2, -0.15) is 0 Å². The molecule has 1 aromatic heterocycles. The van der Waals surface area contributed by atoms with Crippen molar-refractivity contribution >= 4 is 17.7 Å². The summed E-state index contributed by atoms with van der Waals surface area (Å²) in [6, 6.07) is 0. The molecule has 0 saturated heterocycles. The van der Waals surface area contributed by atoms with Crippen LogP contribution in [0.5, 0.6) is 0 Å². The van der Waals surface area contributed by atoms with E-state index in [1.54, 1.807) is 20.8 Å². The zero-order chi connectivity index (χ0) is 16.3. The molecule has 0 radical (unpaired) electrons. The lowest BCUT2D eigenvalue weighted by Gasteiger charge is -2.09.